The van der Waals surface area contributed by atoms with Crippen molar-refractivity contribution in [3.8, 4) is 22.8 Å². The average Bonchev–Trinajstić information content (AvgIpc) is 3.75. The normalized spacial score (nSPS) is 18.2. The Morgan fingerprint density at radius 2 is 1.98 bits per heavy atom. The summed E-state index contributed by atoms with van der Waals surface area (Å²) in [5, 5.41) is 20.2. The number of ether oxygens (including phenoxy) is 2. The number of rotatable bonds is 9. The van der Waals surface area contributed by atoms with Crippen molar-refractivity contribution in [1.82, 2.24) is 25.1 Å². The highest BCUT2D eigenvalue weighted by molar-refractivity contribution is 6.31. The Morgan fingerprint density at radius 1 is 1.19 bits per heavy atom. The number of primary amides is 1. The second kappa shape index (κ2) is 11.5. The fourth-order valence-corrected chi connectivity index (χ4v) is 6.01. The molecule has 2 aliphatic rings. The van der Waals surface area contributed by atoms with Gasteiger partial charge < -0.3 is 25.6 Å². The number of fused-ring (bicyclic) bond motifs is 2. The number of nitrogens with two attached hydrogens (primary N) is 1. The zero-order valence-corrected chi connectivity index (χ0v) is 26.5. The molecule has 11 nitrogen and oxygen atoms in total. The monoisotopic (exact) mass is 674 g/mol. The summed E-state index contributed by atoms with van der Waals surface area (Å²) in [6.07, 6.45) is 5.37. The standard InChI is InChI=1S/C34H29ClF2N6O5/c1-33(32(38)45)16-48-30-21(33)12-27(41-29(30)20-11-22(35)24(37)13-23(20)36)34(46,26-5-3-4-8-39-26)15-40-31(44)17-9-18-14-43(19-6-7-19)42-28(18)25(10-17)47-2/h3-5,8-14,19,46H,6-7,15-16H2,1-2H3,(H2,38,45)(H,40,44)/t33-,34+/m0/s1. The van der Waals surface area contributed by atoms with Crippen molar-refractivity contribution in [1.29, 1.82) is 0 Å². The molecule has 1 saturated carbocycles. The zero-order chi connectivity index (χ0) is 34.0. The number of nitrogens with one attached hydrogen (secondary N) is 1. The van der Waals surface area contributed by atoms with E-state index in [-0.39, 0.29) is 51.2 Å². The minimum atomic E-state index is -2.15. The van der Waals surface area contributed by atoms with Crippen LogP contribution in [-0.4, -0.2) is 56.9 Å². The lowest BCUT2D eigenvalue weighted by atomic mass is 9.81. The summed E-state index contributed by atoms with van der Waals surface area (Å²) in [5.41, 5.74) is 2.88. The van der Waals surface area contributed by atoms with Crippen LogP contribution in [0.1, 0.15) is 53.1 Å². The highest BCUT2D eigenvalue weighted by Crippen LogP contribution is 2.47. The molecule has 2 atom stereocenters. The first-order valence-corrected chi connectivity index (χ1v) is 15.4. The van der Waals surface area contributed by atoms with E-state index in [9.17, 15) is 19.1 Å². The van der Waals surface area contributed by atoms with Gasteiger partial charge in [-0.05, 0) is 56.2 Å². The van der Waals surface area contributed by atoms with Crippen LogP contribution in [0.4, 0.5) is 8.78 Å². The topological polar surface area (TPSA) is 154 Å². The van der Waals surface area contributed by atoms with Crippen molar-refractivity contribution in [3.05, 3.63) is 100 Å². The first-order valence-electron chi connectivity index (χ1n) is 15.1. The molecule has 5 aromatic rings. The Bertz CT molecular complexity index is 2120. The lowest BCUT2D eigenvalue weighted by Crippen LogP contribution is -2.43. The van der Waals surface area contributed by atoms with Gasteiger partial charge in [0.2, 0.25) is 5.91 Å². The molecule has 0 saturated heterocycles. The van der Waals surface area contributed by atoms with Gasteiger partial charge in [0.1, 0.15) is 46.4 Å². The van der Waals surface area contributed by atoms with Crippen molar-refractivity contribution in [2.24, 2.45) is 5.73 Å². The van der Waals surface area contributed by atoms with Crippen LogP contribution in [0, 0.1) is 11.6 Å². The number of carbonyl (C=O) groups is 2. The van der Waals surface area contributed by atoms with E-state index in [2.05, 4.69) is 20.4 Å². The van der Waals surface area contributed by atoms with Crippen LogP contribution in [0.15, 0.2) is 60.9 Å². The third-order valence-electron chi connectivity index (χ3n) is 8.89. The van der Waals surface area contributed by atoms with Gasteiger partial charge in [0, 0.05) is 40.5 Å². The number of amides is 2. The first kappa shape index (κ1) is 31.5. The Labute approximate surface area is 277 Å². The molecule has 4 N–H and O–H groups in total. The maximum atomic E-state index is 15.3. The molecule has 0 bridgehead atoms. The van der Waals surface area contributed by atoms with Gasteiger partial charge >= 0.3 is 0 Å². The Kier molecular flexibility index (Phi) is 7.56. The summed E-state index contributed by atoms with van der Waals surface area (Å²) in [4.78, 5) is 35.3. The smallest absolute Gasteiger partial charge is 0.251 e. The number of hydrogen-bond donors (Lipinski definition) is 3. The van der Waals surface area contributed by atoms with Crippen LogP contribution in [0.5, 0.6) is 11.5 Å². The fraction of sp³-hybridized carbons (Fsp3) is 0.265. The molecule has 4 heterocycles. The van der Waals surface area contributed by atoms with Crippen molar-refractivity contribution < 1.29 is 33.0 Å². The molecule has 0 unspecified atom stereocenters. The number of methoxy groups -OCH3 is 1. The minimum Gasteiger partial charge on any atom is -0.494 e. The molecule has 48 heavy (non-hydrogen) atoms. The Morgan fingerprint density at radius 3 is 2.67 bits per heavy atom. The number of aromatic nitrogens is 4. The van der Waals surface area contributed by atoms with Gasteiger partial charge in [0.05, 0.1) is 36.1 Å². The third-order valence-corrected chi connectivity index (χ3v) is 9.18. The van der Waals surface area contributed by atoms with Gasteiger partial charge in [-0.25, -0.2) is 13.8 Å². The third kappa shape index (κ3) is 5.19. The molecular formula is C34H29ClF2N6O5. The summed E-state index contributed by atoms with van der Waals surface area (Å²) in [6, 6.07) is 11.4. The molecule has 3 aromatic heterocycles. The summed E-state index contributed by atoms with van der Waals surface area (Å²) in [6.45, 7) is 0.877. The molecule has 2 aromatic carbocycles. The molecule has 1 aliphatic heterocycles. The predicted octanol–water partition coefficient (Wildman–Crippen LogP) is 4.57. The van der Waals surface area contributed by atoms with Crippen LogP contribution in [-0.2, 0) is 15.8 Å². The van der Waals surface area contributed by atoms with Crippen LogP contribution in [0.25, 0.3) is 22.2 Å². The van der Waals surface area contributed by atoms with Crippen molar-refractivity contribution in [2.75, 3.05) is 20.3 Å². The van der Waals surface area contributed by atoms with E-state index >= 15 is 4.39 Å². The van der Waals surface area contributed by atoms with Gasteiger partial charge in [0.25, 0.3) is 5.91 Å². The molecule has 246 valence electrons. The van der Waals surface area contributed by atoms with E-state index in [1.807, 2.05) is 10.9 Å². The largest absolute Gasteiger partial charge is 0.494 e. The predicted molar refractivity (Wildman–Crippen MR) is 171 cm³/mol. The summed E-state index contributed by atoms with van der Waals surface area (Å²) >= 11 is 6.03. The summed E-state index contributed by atoms with van der Waals surface area (Å²) < 4.78 is 42.7. The second-order valence-corrected chi connectivity index (χ2v) is 12.6. The highest BCUT2D eigenvalue weighted by atomic mass is 35.5. The molecule has 0 spiro atoms. The number of pyridine rings is 2. The summed E-state index contributed by atoms with van der Waals surface area (Å²) in [5.74, 6) is -2.87. The lowest BCUT2D eigenvalue weighted by Gasteiger charge is -2.29. The number of hydrogen-bond acceptors (Lipinski definition) is 8. The van der Waals surface area contributed by atoms with E-state index in [1.54, 1.807) is 31.2 Å². The number of benzene rings is 2. The number of aliphatic hydroxyl groups is 1. The maximum Gasteiger partial charge on any atom is 0.251 e. The van der Waals surface area contributed by atoms with Gasteiger partial charge in [-0.2, -0.15) is 5.10 Å². The summed E-state index contributed by atoms with van der Waals surface area (Å²) in [7, 11) is 1.49. The number of halogens is 3. The molecule has 7 rings (SSSR count). The number of carbonyl (C=O) groups excluding carboxylic acids is 2. The first-order chi connectivity index (χ1) is 22.9. The van der Waals surface area contributed by atoms with Gasteiger partial charge in [-0.3, -0.25) is 19.3 Å². The Hall–Kier alpha value is -5.14. The van der Waals surface area contributed by atoms with Gasteiger partial charge in [-0.1, -0.05) is 17.7 Å². The van der Waals surface area contributed by atoms with Crippen LogP contribution >= 0.6 is 11.6 Å². The quantitative estimate of drug-likeness (QED) is 0.192. The second-order valence-electron chi connectivity index (χ2n) is 12.2. The fourth-order valence-electron chi connectivity index (χ4n) is 5.85. The average molecular weight is 675 g/mol. The van der Waals surface area contributed by atoms with Gasteiger partial charge in [-0.15, -0.1) is 0 Å². The van der Waals surface area contributed by atoms with E-state index < -0.39 is 41.0 Å². The van der Waals surface area contributed by atoms with Crippen molar-refractivity contribution >= 4 is 34.3 Å². The van der Waals surface area contributed by atoms with Crippen LogP contribution in [0.2, 0.25) is 5.02 Å². The van der Waals surface area contributed by atoms with Crippen LogP contribution < -0.4 is 20.5 Å². The molecule has 1 aliphatic carbocycles. The van der Waals surface area contributed by atoms with E-state index in [0.717, 1.165) is 18.9 Å². The molecule has 1 fully saturated rings. The Balaban J connectivity index is 1.34. The lowest BCUT2D eigenvalue weighted by molar-refractivity contribution is -0.123. The van der Waals surface area contributed by atoms with Crippen LogP contribution in [0.3, 0.4) is 0 Å². The van der Waals surface area contributed by atoms with E-state index in [0.29, 0.717) is 28.8 Å². The van der Waals surface area contributed by atoms with E-state index in [4.69, 9.17) is 26.8 Å². The minimum absolute atomic E-state index is 0.0150. The molecule has 0 radical (unpaired) electrons. The van der Waals surface area contributed by atoms with Crippen molar-refractivity contribution in [3.63, 3.8) is 0 Å². The SMILES string of the molecule is COc1cc(C(=O)NC[C@@](O)(c2ccccn2)c2cc3c(c(-c4cc(Cl)c(F)cc4F)n2)OC[C@]3(C)C(N)=O)cc2cn(C3CC3)nc12. The van der Waals surface area contributed by atoms with Crippen molar-refractivity contribution in [2.45, 2.75) is 36.8 Å². The molecular weight excluding hydrogens is 646 g/mol. The molecule has 14 heteroatoms. The maximum absolute atomic E-state index is 15.3. The molecule has 2 amide bonds. The van der Waals surface area contributed by atoms with Gasteiger partial charge in [0.15, 0.2) is 5.60 Å². The zero-order valence-electron chi connectivity index (χ0n) is 25.8. The number of nitrogens with zero attached hydrogens (tertiary/aromatic N) is 4. The van der Waals surface area contributed by atoms with E-state index in [1.165, 1.54) is 25.4 Å². The highest BCUT2D eigenvalue weighted by Gasteiger charge is 2.46.